The predicted octanol–water partition coefficient (Wildman–Crippen LogP) is 3.25. The molecule has 3 rings (SSSR count). The Morgan fingerprint density at radius 1 is 1.26 bits per heavy atom. The highest BCUT2D eigenvalue weighted by molar-refractivity contribution is 5.75. The van der Waals surface area contributed by atoms with Crippen molar-refractivity contribution in [2.24, 2.45) is 0 Å². The van der Waals surface area contributed by atoms with E-state index < -0.39 is 6.10 Å². The summed E-state index contributed by atoms with van der Waals surface area (Å²) < 4.78 is 5.58. The van der Waals surface area contributed by atoms with Crippen molar-refractivity contribution < 1.29 is 9.84 Å². The van der Waals surface area contributed by atoms with Crippen LogP contribution in [0.15, 0.2) is 30.5 Å². The minimum absolute atomic E-state index is 0.394. The summed E-state index contributed by atoms with van der Waals surface area (Å²) in [5.74, 6) is 1.37. The lowest BCUT2D eigenvalue weighted by atomic mass is 10.1. The number of nitrogens with one attached hydrogen (secondary N) is 1. The minimum atomic E-state index is -0.731. The summed E-state index contributed by atoms with van der Waals surface area (Å²) in [6.45, 7) is 6.55. The van der Waals surface area contributed by atoms with Gasteiger partial charge in [-0.15, -0.1) is 0 Å². The Labute approximate surface area is 135 Å². The van der Waals surface area contributed by atoms with Gasteiger partial charge in [-0.1, -0.05) is 6.07 Å². The van der Waals surface area contributed by atoms with E-state index in [4.69, 9.17) is 4.74 Å². The van der Waals surface area contributed by atoms with Crippen molar-refractivity contribution >= 4 is 11.0 Å². The second-order valence-electron chi connectivity index (χ2n) is 5.68. The van der Waals surface area contributed by atoms with Gasteiger partial charge in [0.15, 0.2) is 0 Å². The van der Waals surface area contributed by atoms with Crippen LogP contribution in [0.25, 0.3) is 11.0 Å². The van der Waals surface area contributed by atoms with Crippen LogP contribution >= 0.6 is 0 Å². The normalized spacial score (nSPS) is 12.5. The molecule has 0 saturated carbocycles. The van der Waals surface area contributed by atoms with Crippen molar-refractivity contribution in [1.82, 2.24) is 15.0 Å². The molecule has 0 spiro atoms. The maximum atomic E-state index is 10.5. The summed E-state index contributed by atoms with van der Waals surface area (Å²) in [5.41, 5.74) is 4.73. The molecule has 1 unspecified atom stereocenters. The maximum absolute atomic E-state index is 10.5. The lowest BCUT2D eigenvalue weighted by Crippen LogP contribution is -2.08. The van der Waals surface area contributed by atoms with Gasteiger partial charge in [0.2, 0.25) is 0 Å². The second-order valence-corrected chi connectivity index (χ2v) is 5.68. The number of aliphatic hydroxyl groups excluding tert-OH is 1. The molecule has 0 aliphatic carbocycles. The van der Waals surface area contributed by atoms with Crippen LogP contribution in [0.2, 0.25) is 0 Å². The molecule has 5 heteroatoms. The topological polar surface area (TPSA) is 71.0 Å². The first kappa shape index (κ1) is 15.5. The predicted molar refractivity (Wildman–Crippen MR) is 89.6 cm³/mol. The highest BCUT2D eigenvalue weighted by Gasteiger charge is 2.17. The van der Waals surface area contributed by atoms with Gasteiger partial charge in [0, 0.05) is 23.9 Å². The smallest absolute Gasteiger partial charge is 0.136 e. The first-order chi connectivity index (χ1) is 11.1. The van der Waals surface area contributed by atoms with Crippen molar-refractivity contribution in [1.29, 1.82) is 0 Å². The van der Waals surface area contributed by atoms with Gasteiger partial charge in [0.1, 0.15) is 17.7 Å². The Balaban J connectivity index is 1.85. The second kappa shape index (κ2) is 6.38. The van der Waals surface area contributed by atoms with Crippen molar-refractivity contribution in [2.45, 2.75) is 33.3 Å². The molecule has 0 aliphatic rings. The first-order valence-corrected chi connectivity index (χ1v) is 7.80. The summed E-state index contributed by atoms with van der Waals surface area (Å²) in [5, 5.41) is 10.5. The van der Waals surface area contributed by atoms with Crippen LogP contribution in [0.4, 0.5) is 0 Å². The number of aliphatic hydroxyl groups is 1. The summed E-state index contributed by atoms with van der Waals surface area (Å²) in [4.78, 5) is 12.0. The van der Waals surface area contributed by atoms with Crippen molar-refractivity contribution in [2.75, 3.05) is 6.61 Å². The van der Waals surface area contributed by atoms with Gasteiger partial charge in [-0.25, -0.2) is 4.98 Å². The zero-order chi connectivity index (χ0) is 16.4. The van der Waals surface area contributed by atoms with Crippen LogP contribution in [-0.4, -0.2) is 26.7 Å². The van der Waals surface area contributed by atoms with Crippen LogP contribution in [0.1, 0.15) is 35.7 Å². The van der Waals surface area contributed by atoms with Gasteiger partial charge in [-0.3, -0.25) is 4.98 Å². The molecule has 1 aromatic carbocycles. The Kier molecular flexibility index (Phi) is 4.30. The lowest BCUT2D eigenvalue weighted by Gasteiger charge is -2.12. The fourth-order valence-corrected chi connectivity index (χ4v) is 2.66. The maximum Gasteiger partial charge on any atom is 0.136 e. The van der Waals surface area contributed by atoms with Crippen LogP contribution in [0.5, 0.6) is 5.75 Å². The van der Waals surface area contributed by atoms with Crippen LogP contribution < -0.4 is 4.74 Å². The number of benzene rings is 1. The van der Waals surface area contributed by atoms with Crippen molar-refractivity contribution in [3.8, 4) is 5.75 Å². The van der Waals surface area contributed by atoms with Crippen molar-refractivity contribution in [3.63, 3.8) is 0 Å². The largest absolute Gasteiger partial charge is 0.493 e. The number of imidazole rings is 1. The van der Waals surface area contributed by atoms with Gasteiger partial charge in [0.05, 0.1) is 17.6 Å². The third-order valence-corrected chi connectivity index (χ3v) is 3.92. The monoisotopic (exact) mass is 311 g/mol. The average Bonchev–Trinajstić information content (AvgIpc) is 2.94. The molecule has 0 bridgehead atoms. The summed E-state index contributed by atoms with van der Waals surface area (Å²) in [6.07, 6.45) is 1.37. The number of ether oxygens (including phenoxy) is 1. The highest BCUT2D eigenvalue weighted by atomic mass is 16.5. The molecule has 3 aromatic rings. The molecular weight excluding hydrogens is 290 g/mol. The van der Waals surface area contributed by atoms with E-state index in [1.165, 1.54) is 0 Å². The SMILES string of the molecule is CCOc1ccnc(CC(O)c2nc3ccc(C)cc3[nH]2)c1C. The molecule has 0 amide bonds. The zero-order valence-electron chi connectivity index (χ0n) is 13.6. The molecule has 23 heavy (non-hydrogen) atoms. The number of pyridine rings is 1. The van der Waals surface area contributed by atoms with Gasteiger partial charge >= 0.3 is 0 Å². The average molecular weight is 311 g/mol. The quantitative estimate of drug-likeness (QED) is 0.759. The fraction of sp³-hybridized carbons (Fsp3) is 0.333. The molecule has 0 radical (unpaired) electrons. The zero-order valence-corrected chi connectivity index (χ0v) is 13.6. The van der Waals surface area contributed by atoms with Crippen LogP contribution in [0.3, 0.4) is 0 Å². The lowest BCUT2D eigenvalue weighted by molar-refractivity contribution is 0.168. The number of hydrogen-bond acceptors (Lipinski definition) is 4. The Hall–Kier alpha value is -2.40. The third kappa shape index (κ3) is 3.19. The fourth-order valence-electron chi connectivity index (χ4n) is 2.66. The molecule has 0 saturated heterocycles. The third-order valence-electron chi connectivity index (χ3n) is 3.92. The Morgan fingerprint density at radius 3 is 2.87 bits per heavy atom. The van der Waals surface area contributed by atoms with E-state index in [1.54, 1.807) is 6.20 Å². The van der Waals surface area contributed by atoms with Crippen LogP contribution in [-0.2, 0) is 6.42 Å². The molecule has 120 valence electrons. The molecule has 2 heterocycles. The number of H-pyrrole nitrogens is 1. The summed E-state index contributed by atoms with van der Waals surface area (Å²) >= 11 is 0. The van der Waals surface area contributed by atoms with E-state index in [1.807, 2.05) is 45.0 Å². The Morgan fingerprint density at radius 2 is 2.09 bits per heavy atom. The molecule has 2 aromatic heterocycles. The number of aryl methyl sites for hydroxylation is 1. The number of aromatic amines is 1. The standard InChI is InChI=1S/C18H21N3O2/c1-4-23-17-7-8-19-14(12(17)3)10-16(22)18-20-13-6-5-11(2)9-15(13)21-18/h5-9,16,22H,4,10H2,1-3H3,(H,20,21). The van der Waals surface area contributed by atoms with E-state index in [-0.39, 0.29) is 0 Å². The van der Waals surface area contributed by atoms with Gasteiger partial charge in [0.25, 0.3) is 0 Å². The molecule has 2 N–H and O–H groups in total. The number of rotatable bonds is 5. The first-order valence-electron chi connectivity index (χ1n) is 7.80. The van der Waals surface area contributed by atoms with Crippen molar-refractivity contribution in [3.05, 3.63) is 53.1 Å². The molecule has 5 nitrogen and oxygen atoms in total. The Bertz CT molecular complexity index is 826. The van der Waals surface area contributed by atoms with E-state index in [2.05, 4.69) is 15.0 Å². The van der Waals surface area contributed by atoms with Gasteiger partial charge in [-0.05, 0) is 44.5 Å². The molecule has 0 fully saturated rings. The van der Waals surface area contributed by atoms with E-state index in [9.17, 15) is 5.11 Å². The minimum Gasteiger partial charge on any atom is -0.493 e. The molecule has 1 atom stereocenters. The summed E-state index contributed by atoms with van der Waals surface area (Å²) in [7, 11) is 0. The van der Waals surface area contributed by atoms with E-state index in [0.717, 1.165) is 33.6 Å². The summed E-state index contributed by atoms with van der Waals surface area (Å²) in [6, 6.07) is 7.84. The molecular formula is C18H21N3O2. The molecule has 0 aliphatic heterocycles. The van der Waals surface area contributed by atoms with E-state index in [0.29, 0.717) is 18.9 Å². The number of hydrogen-bond donors (Lipinski definition) is 2. The van der Waals surface area contributed by atoms with E-state index >= 15 is 0 Å². The van der Waals surface area contributed by atoms with Crippen LogP contribution in [0, 0.1) is 13.8 Å². The number of aromatic nitrogens is 3. The van der Waals surface area contributed by atoms with Gasteiger partial charge < -0.3 is 14.8 Å². The highest BCUT2D eigenvalue weighted by Crippen LogP contribution is 2.24. The number of nitrogens with zero attached hydrogens (tertiary/aromatic N) is 2. The van der Waals surface area contributed by atoms with Gasteiger partial charge in [-0.2, -0.15) is 0 Å². The number of fused-ring (bicyclic) bond motifs is 1.